The summed E-state index contributed by atoms with van der Waals surface area (Å²) in [6.45, 7) is 0.226. The van der Waals surface area contributed by atoms with Crippen LogP contribution in [0.2, 0.25) is 0 Å². The summed E-state index contributed by atoms with van der Waals surface area (Å²) in [6.07, 6.45) is -0.412. The van der Waals surface area contributed by atoms with E-state index in [0.717, 1.165) is 11.1 Å². The van der Waals surface area contributed by atoms with Crippen LogP contribution in [0.4, 0.5) is 4.79 Å². The molecule has 0 aliphatic heterocycles. The molecule has 0 atom stereocenters. The summed E-state index contributed by atoms with van der Waals surface area (Å²) >= 11 is 0. The Kier molecular flexibility index (Phi) is 6.19. The zero-order valence-electron chi connectivity index (χ0n) is 13.3. The minimum absolute atomic E-state index is 0.228. The third-order valence-electron chi connectivity index (χ3n) is 3.22. The summed E-state index contributed by atoms with van der Waals surface area (Å²) in [7, 11) is 1.65. The number of amides is 1. The minimum atomic E-state index is -1.03. The Balaban J connectivity index is 1.81. The second kappa shape index (κ2) is 8.57. The fourth-order valence-corrected chi connectivity index (χ4v) is 2.00. The molecule has 2 aromatic rings. The van der Waals surface area contributed by atoms with E-state index < -0.39 is 12.1 Å². The molecule has 0 spiro atoms. The van der Waals surface area contributed by atoms with Crippen LogP contribution in [0.5, 0.6) is 5.75 Å². The highest BCUT2D eigenvalue weighted by Gasteiger charge is 2.11. The van der Waals surface area contributed by atoms with Crippen molar-refractivity contribution in [2.24, 2.45) is 0 Å². The van der Waals surface area contributed by atoms with E-state index in [1.165, 1.54) is 4.90 Å². The van der Waals surface area contributed by atoms with Crippen LogP contribution in [0.1, 0.15) is 11.1 Å². The van der Waals surface area contributed by atoms with Gasteiger partial charge in [-0.3, -0.25) is 0 Å². The molecule has 1 amide bonds. The van der Waals surface area contributed by atoms with Crippen molar-refractivity contribution < 1.29 is 24.2 Å². The van der Waals surface area contributed by atoms with Crippen LogP contribution >= 0.6 is 0 Å². The van der Waals surface area contributed by atoms with Crippen molar-refractivity contribution in [3.8, 4) is 5.75 Å². The first-order chi connectivity index (χ1) is 11.5. The number of hydrogen-bond acceptors (Lipinski definition) is 4. The van der Waals surface area contributed by atoms with Gasteiger partial charge in [-0.1, -0.05) is 42.5 Å². The molecule has 0 fully saturated rings. The molecule has 1 N–H and O–H groups in total. The molecule has 0 radical (unpaired) electrons. The molecule has 0 bridgehead atoms. The lowest BCUT2D eigenvalue weighted by Crippen LogP contribution is -2.26. The average molecular weight is 329 g/mol. The second-order valence-electron chi connectivity index (χ2n) is 5.22. The zero-order valence-corrected chi connectivity index (χ0v) is 13.3. The van der Waals surface area contributed by atoms with Crippen LogP contribution in [-0.2, 0) is 22.7 Å². The molecule has 0 saturated carbocycles. The Hall–Kier alpha value is -3.02. The first-order valence-electron chi connectivity index (χ1n) is 7.40. The van der Waals surface area contributed by atoms with Crippen molar-refractivity contribution >= 4 is 12.1 Å². The van der Waals surface area contributed by atoms with Crippen LogP contribution in [-0.4, -0.2) is 35.7 Å². The van der Waals surface area contributed by atoms with E-state index in [9.17, 15) is 9.59 Å². The number of carbonyl (C=O) groups is 2. The van der Waals surface area contributed by atoms with Gasteiger partial charge in [-0.15, -0.1) is 0 Å². The molecule has 0 aromatic heterocycles. The number of aliphatic carboxylic acids is 1. The molecule has 6 nitrogen and oxygen atoms in total. The van der Waals surface area contributed by atoms with Crippen LogP contribution in [0.3, 0.4) is 0 Å². The van der Waals surface area contributed by atoms with Crippen molar-refractivity contribution in [3.63, 3.8) is 0 Å². The van der Waals surface area contributed by atoms with Gasteiger partial charge in [0.25, 0.3) is 0 Å². The predicted octanol–water partition coefficient (Wildman–Crippen LogP) is 2.92. The molecule has 0 aliphatic carbocycles. The Morgan fingerprint density at radius 2 is 1.67 bits per heavy atom. The molecule has 24 heavy (non-hydrogen) atoms. The third kappa shape index (κ3) is 5.64. The highest BCUT2D eigenvalue weighted by atomic mass is 16.6. The number of benzene rings is 2. The van der Waals surface area contributed by atoms with Gasteiger partial charge in [-0.05, 0) is 23.3 Å². The Labute approximate surface area is 140 Å². The van der Waals surface area contributed by atoms with Crippen LogP contribution in [0.15, 0.2) is 54.6 Å². The summed E-state index contributed by atoms with van der Waals surface area (Å²) in [5.74, 6) is -0.560. The largest absolute Gasteiger partial charge is 0.482 e. The summed E-state index contributed by atoms with van der Waals surface area (Å²) < 4.78 is 10.3. The van der Waals surface area contributed by atoms with E-state index in [1.54, 1.807) is 31.3 Å². The SMILES string of the molecule is CN(Cc1ccc(OCC(=O)O)cc1)C(=O)OCc1ccccc1. The standard InChI is InChI=1S/C18H19NO5/c1-19(18(22)24-12-15-5-3-2-4-6-15)11-14-7-9-16(10-8-14)23-13-17(20)21/h2-10H,11-13H2,1H3,(H,20,21). The maximum atomic E-state index is 12.0. The maximum Gasteiger partial charge on any atom is 0.410 e. The minimum Gasteiger partial charge on any atom is -0.482 e. The van der Waals surface area contributed by atoms with Gasteiger partial charge in [0.15, 0.2) is 6.61 Å². The van der Waals surface area contributed by atoms with E-state index in [0.29, 0.717) is 12.3 Å². The zero-order chi connectivity index (χ0) is 17.4. The van der Waals surface area contributed by atoms with Crippen molar-refractivity contribution in [3.05, 3.63) is 65.7 Å². The highest BCUT2D eigenvalue weighted by molar-refractivity contribution is 5.68. The lowest BCUT2D eigenvalue weighted by atomic mass is 10.2. The quantitative estimate of drug-likeness (QED) is 0.845. The Morgan fingerprint density at radius 3 is 2.29 bits per heavy atom. The molecule has 126 valence electrons. The number of hydrogen-bond donors (Lipinski definition) is 1. The topological polar surface area (TPSA) is 76.1 Å². The van der Waals surface area contributed by atoms with Gasteiger partial charge in [0.2, 0.25) is 0 Å². The molecule has 0 heterocycles. The normalized spacial score (nSPS) is 10.0. The molecule has 0 saturated heterocycles. The van der Waals surface area contributed by atoms with Gasteiger partial charge in [0, 0.05) is 13.6 Å². The number of rotatable bonds is 7. The smallest absolute Gasteiger partial charge is 0.410 e. The summed E-state index contributed by atoms with van der Waals surface area (Å²) in [5, 5.41) is 8.56. The predicted molar refractivity (Wildman–Crippen MR) is 87.7 cm³/mol. The Morgan fingerprint density at radius 1 is 1.00 bits per heavy atom. The van der Waals surface area contributed by atoms with E-state index in [2.05, 4.69) is 0 Å². The van der Waals surface area contributed by atoms with Gasteiger partial charge >= 0.3 is 12.1 Å². The Bertz CT molecular complexity index is 670. The lowest BCUT2D eigenvalue weighted by Gasteiger charge is -2.17. The molecular weight excluding hydrogens is 310 g/mol. The lowest BCUT2D eigenvalue weighted by molar-refractivity contribution is -0.139. The molecule has 2 rings (SSSR count). The van der Waals surface area contributed by atoms with E-state index >= 15 is 0 Å². The average Bonchev–Trinajstić information content (AvgIpc) is 2.59. The van der Waals surface area contributed by atoms with Crippen LogP contribution in [0.25, 0.3) is 0 Å². The first-order valence-corrected chi connectivity index (χ1v) is 7.40. The van der Waals surface area contributed by atoms with Crippen molar-refractivity contribution in [1.82, 2.24) is 4.90 Å². The number of carbonyl (C=O) groups excluding carboxylic acids is 1. The molecule has 0 aliphatic rings. The van der Waals surface area contributed by atoms with Crippen molar-refractivity contribution in [2.45, 2.75) is 13.2 Å². The number of carboxylic acid groups (broad SMARTS) is 1. The van der Waals surface area contributed by atoms with E-state index in [1.807, 2.05) is 30.3 Å². The van der Waals surface area contributed by atoms with Crippen molar-refractivity contribution in [2.75, 3.05) is 13.7 Å². The first kappa shape index (κ1) is 17.3. The van der Waals surface area contributed by atoms with E-state index in [4.69, 9.17) is 14.6 Å². The molecule has 0 unspecified atom stereocenters. The van der Waals surface area contributed by atoms with Gasteiger partial charge < -0.3 is 19.5 Å². The summed E-state index contributed by atoms with van der Waals surface area (Å²) in [6, 6.07) is 16.4. The monoisotopic (exact) mass is 329 g/mol. The maximum absolute atomic E-state index is 12.0. The van der Waals surface area contributed by atoms with Crippen molar-refractivity contribution in [1.29, 1.82) is 0 Å². The number of ether oxygens (including phenoxy) is 2. The van der Waals surface area contributed by atoms with Crippen LogP contribution < -0.4 is 4.74 Å². The second-order valence-corrected chi connectivity index (χ2v) is 5.22. The van der Waals surface area contributed by atoms with E-state index in [-0.39, 0.29) is 13.2 Å². The molecule has 2 aromatic carbocycles. The third-order valence-corrected chi connectivity index (χ3v) is 3.22. The summed E-state index contributed by atoms with van der Waals surface area (Å²) in [4.78, 5) is 23.9. The van der Waals surface area contributed by atoms with Gasteiger partial charge in [-0.2, -0.15) is 0 Å². The fraction of sp³-hybridized carbons (Fsp3) is 0.222. The molecule has 6 heteroatoms. The van der Waals surface area contributed by atoms with Crippen LogP contribution in [0, 0.1) is 0 Å². The summed E-state index contributed by atoms with van der Waals surface area (Å²) in [5.41, 5.74) is 1.82. The molecular formula is C18H19NO5. The van der Waals surface area contributed by atoms with Gasteiger partial charge in [0.05, 0.1) is 0 Å². The number of nitrogens with zero attached hydrogens (tertiary/aromatic N) is 1. The number of carboxylic acids is 1. The van der Waals surface area contributed by atoms with Gasteiger partial charge in [-0.25, -0.2) is 9.59 Å². The highest BCUT2D eigenvalue weighted by Crippen LogP contribution is 2.14. The van der Waals surface area contributed by atoms with Gasteiger partial charge in [0.1, 0.15) is 12.4 Å². The fourth-order valence-electron chi connectivity index (χ4n) is 2.00.